The minimum Gasteiger partial charge on any atom is -0.331 e. The number of amides is 2. The molecule has 0 aliphatic rings. The molecule has 1 aromatic heterocycles. The van der Waals surface area contributed by atoms with E-state index in [2.05, 4.69) is 15.8 Å². The molecule has 0 radical (unpaired) electrons. The fourth-order valence-electron chi connectivity index (χ4n) is 3.73. The number of para-hydroxylation sites is 3. The smallest absolute Gasteiger partial charge is 0.269 e. The third-order valence-electron chi connectivity index (χ3n) is 5.55. The maximum Gasteiger partial charge on any atom is 0.269 e. The van der Waals surface area contributed by atoms with Gasteiger partial charge in [0, 0.05) is 19.2 Å². The summed E-state index contributed by atoms with van der Waals surface area (Å²) < 4.78 is 29.3. The molecule has 2 amide bonds. The lowest BCUT2D eigenvalue weighted by Gasteiger charge is -2.23. The highest BCUT2D eigenvalue weighted by Gasteiger charge is 2.23. The minimum absolute atomic E-state index is 0.0189. The number of benzene rings is 3. The molecular formula is C25H25N5O4S. The average molecular weight is 492 g/mol. The number of carbonyl (C=O) groups is 2. The monoisotopic (exact) mass is 491 g/mol. The Kier molecular flexibility index (Phi) is 6.83. The molecule has 0 spiro atoms. The van der Waals surface area contributed by atoms with Crippen molar-refractivity contribution in [3.05, 3.63) is 90.3 Å². The van der Waals surface area contributed by atoms with Crippen LogP contribution in [0.5, 0.6) is 0 Å². The summed E-state index contributed by atoms with van der Waals surface area (Å²) in [5, 5.41) is 0. The lowest BCUT2D eigenvalue weighted by molar-refractivity contribution is -0.121. The van der Waals surface area contributed by atoms with Crippen molar-refractivity contribution in [1.29, 1.82) is 0 Å². The van der Waals surface area contributed by atoms with Gasteiger partial charge in [-0.15, -0.1) is 0 Å². The quantitative estimate of drug-likeness (QED) is 0.386. The van der Waals surface area contributed by atoms with Gasteiger partial charge in [-0.1, -0.05) is 30.3 Å². The molecule has 0 unspecified atom stereocenters. The third kappa shape index (κ3) is 5.02. The van der Waals surface area contributed by atoms with Crippen molar-refractivity contribution in [1.82, 2.24) is 20.4 Å². The number of hydrazine groups is 1. The van der Waals surface area contributed by atoms with Crippen LogP contribution in [-0.2, 0) is 28.3 Å². The molecule has 4 aromatic rings. The first-order chi connectivity index (χ1) is 16.8. The van der Waals surface area contributed by atoms with Crippen molar-refractivity contribution < 1.29 is 18.0 Å². The maximum absolute atomic E-state index is 13.1. The number of nitrogens with zero attached hydrogens (tertiary/aromatic N) is 3. The van der Waals surface area contributed by atoms with E-state index in [1.54, 1.807) is 31.2 Å². The third-order valence-corrected chi connectivity index (χ3v) is 7.47. The van der Waals surface area contributed by atoms with E-state index >= 15 is 0 Å². The topological polar surface area (TPSA) is 113 Å². The second kappa shape index (κ2) is 9.98. The van der Waals surface area contributed by atoms with Crippen LogP contribution in [0.2, 0.25) is 0 Å². The number of aryl methyl sites for hydroxylation is 1. The Morgan fingerprint density at radius 3 is 2.23 bits per heavy atom. The molecule has 35 heavy (non-hydrogen) atoms. The van der Waals surface area contributed by atoms with Crippen LogP contribution >= 0.6 is 0 Å². The minimum atomic E-state index is -3.80. The summed E-state index contributed by atoms with van der Waals surface area (Å²) in [4.78, 5) is 29.3. The van der Waals surface area contributed by atoms with Gasteiger partial charge in [-0.25, -0.2) is 13.4 Å². The van der Waals surface area contributed by atoms with E-state index in [9.17, 15) is 18.0 Å². The average Bonchev–Trinajstić information content (AvgIpc) is 3.18. The number of anilines is 1. The van der Waals surface area contributed by atoms with Crippen LogP contribution in [0.25, 0.3) is 11.0 Å². The molecule has 0 atom stereocenters. The van der Waals surface area contributed by atoms with Gasteiger partial charge in [-0.3, -0.25) is 24.7 Å². The van der Waals surface area contributed by atoms with E-state index in [1.165, 1.54) is 28.6 Å². The molecule has 0 saturated carbocycles. The molecule has 0 aliphatic carbocycles. The van der Waals surface area contributed by atoms with Gasteiger partial charge in [-0.05, 0) is 55.5 Å². The molecule has 9 nitrogen and oxygen atoms in total. The van der Waals surface area contributed by atoms with Crippen molar-refractivity contribution in [2.45, 2.75) is 18.2 Å². The largest absolute Gasteiger partial charge is 0.331 e. The highest BCUT2D eigenvalue weighted by molar-refractivity contribution is 7.92. The molecule has 3 aromatic carbocycles. The molecule has 10 heteroatoms. The normalized spacial score (nSPS) is 11.3. The van der Waals surface area contributed by atoms with Gasteiger partial charge in [0.15, 0.2) is 0 Å². The predicted octanol–water partition coefficient (Wildman–Crippen LogP) is 2.79. The first-order valence-corrected chi connectivity index (χ1v) is 12.4. The summed E-state index contributed by atoms with van der Waals surface area (Å²) in [5.41, 5.74) is 7.18. The summed E-state index contributed by atoms with van der Waals surface area (Å²) in [6, 6.07) is 21.9. The Balaban J connectivity index is 1.39. The van der Waals surface area contributed by atoms with Gasteiger partial charge < -0.3 is 4.57 Å². The van der Waals surface area contributed by atoms with Crippen molar-refractivity contribution in [3.63, 3.8) is 0 Å². The van der Waals surface area contributed by atoms with Crippen molar-refractivity contribution in [2.75, 3.05) is 10.8 Å². The van der Waals surface area contributed by atoms with Gasteiger partial charge in [0.05, 0.1) is 28.0 Å². The zero-order valence-corrected chi connectivity index (χ0v) is 20.1. The van der Waals surface area contributed by atoms with Crippen molar-refractivity contribution >= 4 is 38.6 Å². The molecular weight excluding hydrogens is 466 g/mol. The number of hydrogen-bond donors (Lipinski definition) is 2. The van der Waals surface area contributed by atoms with E-state index in [0.717, 1.165) is 11.0 Å². The van der Waals surface area contributed by atoms with Crippen LogP contribution in [0.15, 0.2) is 83.8 Å². The number of rotatable bonds is 7. The first-order valence-electron chi connectivity index (χ1n) is 11.0. The molecule has 0 fully saturated rings. The molecule has 2 N–H and O–H groups in total. The van der Waals surface area contributed by atoms with Gasteiger partial charge >= 0.3 is 0 Å². The van der Waals surface area contributed by atoms with E-state index in [4.69, 9.17) is 0 Å². The van der Waals surface area contributed by atoms with E-state index in [1.807, 2.05) is 41.9 Å². The van der Waals surface area contributed by atoms with Gasteiger partial charge in [-0.2, -0.15) is 0 Å². The number of sulfonamides is 1. The highest BCUT2D eigenvalue weighted by atomic mass is 32.2. The summed E-state index contributed by atoms with van der Waals surface area (Å²) in [6.07, 6.45) is -0.0189. The Morgan fingerprint density at radius 1 is 0.914 bits per heavy atom. The van der Waals surface area contributed by atoms with Crippen LogP contribution in [0.4, 0.5) is 5.69 Å². The number of fused-ring (bicyclic) bond motifs is 1. The number of carbonyl (C=O) groups excluding carboxylic acids is 2. The Hall–Kier alpha value is -4.18. The first kappa shape index (κ1) is 24.0. The SMILES string of the molecule is CCN(c1ccccc1)S(=O)(=O)c1ccc(C(=O)NNC(=O)Cc2nc3ccccc3n2C)cc1. The van der Waals surface area contributed by atoms with Crippen LogP contribution < -0.4 is 15.2 Å². The second-order valence-corrected chi connectivity index (χ2v) is 9.65. The molecule has 0 aliphatic heterocycles. The van der Waals surface area contributed by atoms with Crippen LogP contribution in [0.3, 0.4) is 0 Å². The molecule has 0 bridgehead atoms. The predicted molar refractivity (Wildman–Crippen MR) is 133 cm³/mol. The zero-order valence-electron chi connectivity index (χ0n) is 19.3. The van der Waals surface area contributed by atoms with Crippen LogP contribution in [0, 0.1) is 0 Å². The zero-order chi connectivity index (χ0) is 25.0. The molecule has 4 rings (SSSR count). The van der Waals surface area contributed by atoms with Crippen molar-refractivity contribution in [3.8, 4) is 0 Å². The van der Waals surface area contributed by atoms with Gasteiger partial charge in [0.25, 0.3) is 15.9 Å². The standard InChI is InChI=1S/C25H25N5O4S/c1-3-30(19-9-5-4-6-10-19)35(33,34)20-15-13-18(14-16-20)25(32)28-27-24(31)17-23-26-21-11-7-8-12-22(21)29(23)2/h4-16H,3,17H2,1-2H3,(H,27,31)(H,28,32). The summed E-state index contributed by atoms with van der Waals surface area (Å²) >= 11 is 0. The Bertz CT molecular complexity index is 1470. The molecule has 0 saturated heterocycles. The number of hydrogen-bond acceptors (Lipinski definition) is 5. The van der Waals surface area contributed by atoms with Gasteiger partial charge in [0.2, 0.25) is 5.91 Å². The summed E-state index contributed by atoms with van der Waals surface area (Å²) in [5.74, 6) is -0.438. The lowest BCUT2D eigenvalue weighted by Crippen LogP contribution is -2.42. The summed E-state index contributed by atoms with van der Waals surface area (Å²) in [6.45, 7) is 2.01. The van der Waals surface area contributed by atoms with E-state index in [-0.39, 0.29) is 23.4 Å². The molecule has 180 valence electrons. The summed E-state index contributed by atoms with van der Waals surface area (Å²) in [7, 11) is -1.98. The number of nitrogens with one attached hydrogen (secondary N) is 2. The fourth-order valence-corrected chi connectivity index (χ4v) is 5.20. The lowest BCUT2D eigenvalue weighted by atomic mass is 10.2. The molecule has 1 heterocycles. The Labute approximate surface area is 203 Å². The van der Waals surface area contributed by atoms with Crippen LogP contribution in [0.1, 0.15) is 23.1 Å². The van der Waals surface area contributed by atoms with Gasteiger partial charge in [0.1, 0.15) is 5.82 Å². The van der Waals surface area contributed by atoms with E-state index < -0.39 is 21.8 Å². The number of aromatic nitrogens is 2. The second-order valence-electron chi connectivity index (χ2n) is 7.78. The Morgan fingerprint density at radius 2 is 1.57 bits per heavy atom. The van der Waals surface area contributed by atoms with Crippen molar-refractivity contribution in [2.24, 2.45) is 7.05 Å². The maximum atomic E-state index is 13.1. The number of imidazole rings is 1. The fraction of sp³-hybridized carbons (Fsp3) is 0.160. The van der Waals surface area contributed by atoms with E-state index in [0.29, 0.717) is 11.5 Å². The highest BCUT2D eigenvalue weighted by Crippen LogP contribution is 2.23. The van der Waals surface area contributed by atoms with Crippen LogP contribution in [-0.4, -0.2) is 36.3 Å².